The molecule has 0 aromatic heterocycles. The van der Waals surface area contributed by atoms with Gasteiger partial charge in [0.05, 0.1) is 24.9 Å². The van der Waals surface area contributed by atoms with E-state index in [1.807, 2.05) is 69.3 Å². The molecule has 6 atom stereocenters. The number of aliphatic hydroxyl groups excluding tert-OH is 1. The Hall–Kier alpha value is -3.31. The number of anilines is 1. The number of amides is 2. The van der Waals surface area contributed by atoms with Crippen LogP contribution in [0, 0.1) is 5.92 Å². The monoisotopic (exact) mass is 663 g/mol. The predicted molar refractivity (Wildman–Crippen MR) is 183 cm³/mol. The number of likely N-dealkylation sites (tertiary alicyclic amines) is 1. The summed E-state index contributed by atoms with van der Waals surface area (Å²) in [6, 6.07) is 15.4. The van der Waals surface area contributed by atoms with Gasteiger partial charge in [0.25, 0.3) is 0 Å². The van der Waals surface area contributed by atoms with Gasteiger partial charge in [-0.05, 0) is 88.5 Å². The maximum absolute atomic E-state index is 13.7. The maximum atomic E-state index is 13.7. The fraction of sp³-hybridized carbons (Fsp3) is 0.605. The van der Waals surface area contributed by atoms with Crippen LogP contribution in [0.2, 0.25) is 0 Å². The molecule has 0 bridgehead atoms. The summed E-state index contributed by atoms with van der Waals surface area (Å²) in [5.74, 6) is -0.331. The average molecular weight is 664 g/mol. The van der Waals surface area contributed by atoms with Crippen LogP contribution in [0.4, 0.5) is 5.69 Å². The molecule has 3 aliphatic rings. The third kappa shape index (κ3) is 9.87. The number of benzene rings is 2. The van der Waals surface area contributed by atoms with E-state index in [0.29, 0.717) is 43.5 Å². The lowest BCUT2D eigenvalue weighted by atomic mass is 9.75. The zero-order valence-corrected chi connectivity index (χ0v) is 28.7. The average Bonchev–Trinajstić information content (AvgIpc) is 3.06. The van der Waals surface area contributed by atoms with Crippen molar-refractivity contribution in [1.82, 2.24) is 10.2 Å². The first-order valence-electron chi connectivity index (χ1n) is 17.7. The Balaban J connectivity index is 1.34. The number of carboxylic acids is 1. The van der Waals surface area contributed by atoms with Crippen molar-refractivity contribution in [3.63, 3.8) is 0 Å². The van der Waals surface area contributed by atoms with Crippen LogP contribution in [0.15, 0.2) is 48.5 Å². The SMILES string of the molecule is CC(C)(C)NC(=O)[C@H]1CC[C@H]2CCCC[C@H]2N1C[C@@H]1C[C@H](c2ccc(CO)cc2)O[C@H](c2ccc(NC(=O)CCCCC(=O)O)cc2)O1. The number of aliphatic hydroxyl groups is 1. The number of ether oxygens (including phenoxy) is 2. The fourth-order valence-corrected chi connectivity index (χ4v) is 7.50. The van der Waals surface area contributed by atoms with Gasteiger partial charge >= 0.3 is 5.97 Å². The van der Waals surface area contributed by atoms with E-state index in [1.165, 1.54) is 19.3 Å². The molecule has 2 saturated heterocycles. The van der Waals surface area contributed by atoms with Crippen molar-refractivity contribution in [2.45, 2.75) is 134 Å². The Morgan fingerprint density at radius 2 is 1.56 bits per heavy atom. The van der Waals surface area contributed by atoms with Gasteiger partial charge in [0.2, 0.25) is 11.8 Å². The summed E-state index contributed by atoms with van der Waals surface area (Å²) < 4.78 is 13.3. The van der Waals surface area contributed by atoms with Gasteiger partial charge in [-0.3, -0.25) is 19.3 Å². The highest BCUT2D eigenvalue weighted by Gasteiger charge is 2.44. The van der Waals surface area contributed by atoms with Gasteiger partial charge in [0.15, 0.2) is 6.29 Å². The smallest absolute Gasteiger partial charge is 0.303 e. The molecule has 2 aliphatic heterocycles. The number of aliphatic carboxylic acids is 1. The quantitative estimate of drug-likeness (QED) is 0.196. The summed E-state index contributed by atoms with van der Waals surface area (Å²) in [5.41, 5.74) is 3.00. The topological polar surface area (TPSA) is 137 Å². The molecule has 0 unspecified atom stereocenters. The summed E-state index contributed by atoms with van der Waals surface area (Å²) in [6.07, 6.45) is 7.46. The van der Waals surface area contributed by atoms with Gasteiger partial charge in [0.1, 0.15) is 0 Å². The van der Waals surface area contributed by atoms with E-state index in [-0.39, 0.29) is 55.1 Å². The zero-order chi connectivity index (χ0) is 34.3. The second kappa shape index (κ2) is 16.4. The van der Waals surface area contributed by atoms with Crippen molar-refractivity contribution in [1.29, 1.82) is 0 Å². The first-order valence-corrected chi connectivity index (χ1v) is 17.7. The maximum Gasteiger partial charge on any atom is 0.303 e. The number of carbonyl (C=O) groups excluding carboxylic acids is 2. The summed E-state index contributed by atoms with van der Waals surface area (Å²) >= 11 is 0. The standard InChI is InChI=1S/C38H53N3O7/c1-38(2,3)40-36(46)32-21-18-26-8-4-5-9-31(26)41(32)23-30-22-33(27-14-12-25(24-42)13-15-27)48-37(47-30)28-16-19-29(20-17-28)39-34(43)10-6-7-11-35(44)45/h12-17,19-20,26,30-33,37,42H,4-11,18,21-24H2,1-3H3,(H,39,43)(H,40,46)(H,44,45)/t26-,30+,31-,32-,33-,37-/m1/s1. The largest absolute Gasteiger partial charge is 0.481 e. The van der Waals surface area contributed by atoms with E-state index in [0.717, 1.165) is 36.0 Å². The Bertz CT molecular complexity index is 1370. The third-order valence-electron chi connectivity index (χ3n) is 9.85. The number of carboxylic acid groups (broad SMARTS) is 1. The van der Waals surface area contributed by atoms with Crippen LogP contribution in [0.5, 0.6) is 0 Å². The Morgan fingerprint density at radius 1 is 0.875 bits per heavy atom. The van der Waals surface area contributed by atoms with Crippen molar-refractivity contribution >= 4 is 23.5 Å². The van der Waals surface area contributed by atoms with E-state index in [9.17, 15) is 19.5 Å². The molecule has 262 valence electrons. The molecule has 1 aliphatic carbocycles. The number of hydrogen-bond acceptors (Lipinski definition) is 7. The molecular formula is C38H53N3O7. The minimum atomic E-state index is -0.857. The van der Waals surface area contributed by atoms with E-state index >= 15 is 0 Å². The molecule has 10 heteroatoms. The summed E-state index contributed by atoms with van der Waals surface area (Å²) in [4.78, 5) is 39.3. The first kappa shape index (κ1) is 36.0. The van der Waals surface area contributed by atoms with Crippen LogP contribution in [0.1, 0.15) is 120 Å². The molecular weight excluding hydrogens is 610 g/mol. The van der Waals surface area contributed by atoms with Crippen LogP contribution in [-0.2, 0) is 30.5 Å². The van der Waals surface area contributed by atoms with E-state index < -0.39 is 12.3 Å². The molecule has 0 spiro atoms. The number of fused-ring (bicyclic) bond motifs is 1. The summed E-state index contributed by atoms with van der Waals surface area (Å²) in [6.45, 7) is 6.68. The van der Waals surface area contributed by atoms with E-state index in [1.54, 1.807) is 0 Å². The zero-order valence-electron chi connectivity index (χ0n) is 28.7. The van der Waals surface area contributed by atoms with Gasteiger partial charge in [-0.2, -0.15) is 0 Å². The predicted octanol–water partition coefficient (Wildman–Crippen LogP) is 6.25. The van der Waals surface area contributed by atoms with Crippen molar-refractivity contribution < 1.29 is 34.1 Å². The van der Waals surface area contributed by atoms with Gasteiger partial charge in [0, 0.05) is 48.6 Å². The molecule has 48 heavy (non-hydrogen) atoms. The Morgan fingerprint density at radius 3 is 2.25 bits per heavy atom. The molecule has 2 aromatic rings. The van der Waals surface area contributed by atoms with Crippen molar-refractivity contribution in [2.75, 3.05) is 11.9 Å². The summed E-state index contributed by atoms with van der Waals surface area (Å²) in [7, 11) is 0. The number of unbranched alkanes of at least 4 members (excludes halogenated alkanes) is 1. The molecule has 4 N–H and O–H groups in total. The van der Waals surface area contributed by atoms with Crippen LogP contribution >= 0.6 is 0 Å². The summed E-state index contributed by atoms with van der Waals surface area (Å²) in [5, 5.41) is 24.6. The van der Waals surface area contributed by atoms with Crippen molar-refractivity contribution in [3.8, 4) is 0 Å². The Labute approximate surface area is 284 Å². The molecule has 0 radical (unpaired) electrons. The molecule has 1 saturated carbocycles. The second-order valence-electron chi connectivity index (χ2n) is 14.8. The first-order chi connectivity index (χ1) is 23.0. The number of hydrogen-bond donors (Lipinski definition) is 4. The number of nitrogens with zero attached hydrogens (tertiary/aromatic N) is 1. The lowest BCUT2D eigenvalue weighted by Gasteiger charge is -2.50. The van der Waals surface area contributed by atoms with Gasteiger partial charge in [-0.15, -0.1) is 0 Å². The highest BCUT2D eigenvalue weighted by atomic mass is 16.7. The van der Waals surface area contributed by atoms with Gasteiger partial charge in [-0.1, -0.05) is 49.2 Å². The minimum Gasteiger partial charge on any atom is -0.481 e. The van der Waals surface area contributed by atoms with Crippen molar-refractivity contribution in [2.24, 2.45) is 5.92 Å². The fourth-order valence-electron chi connectivity index (χ4n) is 7.50. The third-order valence-corrected chi connectivity index (χ3v) is 9.85. The van der Waals surface area contributed by atoms with Crippen LogP contribution in [-0.4, -0.2) is 63.2 Å². The molecule has 5 rings (SSSR count). The lowest BCUT2D eigenvalue weighted by Crippen LogP contribution is -2.61. The molecule has 10 nitrogen and oxygen atoms in total. The number of rotatable bonds is 12. The van der Waals surface area contributed by atoms with Gasteiger partial charge < -0.3 is 30.3 Å². The molecule has 2 amide bonds. The molecule has 2 aromatic carbocycles. The highest BCUT2D eigenvalue weighted by molar-refractivity contribution is 5.90. The van der Waals surface area contributed by atoms with Crippen molar-refractivity contribution in [3.05, 3.63) is 65.2 Å². The Kier molecular flexibility index (Phi) is 12.3. The van der Waals surface area contributed by atoms with Crippen LogP contribution < -0.4 is 10.6 Å². The number of nitrogens with one attached hydrogen (secondary N) is 2. The minimum absolute atomic E-state index is 0.0269. The van der Waals surface area contributed by atoms with E-state index in [2.05, 4.69) is 15.5 Å². The second-order valence-corrected chi connectivity index (χ2v) is 14.8. The number of carbonyl (C=O) groups is 3. The highest BCUT2D eigenvalue weighted by Crippen LogP contribution is 2.42. The van der Waals surface area contributed by atoms with Crippen LogP contribution in [0.25, 0.3) is 0 Å². The van der Waals surface area contributed by atoms with Crippen LogP contribution in [0.3, 0.4) is 0 Å². The lowest BCUT2D eigenvalue weighted by molar-refractivity contribution is -0.255. The molecule has 2 heterocycles. The van der Waals surface area contributed by atoms with Gasteiger partial charge in [-0.25, -0.2) is 0 Å². The molecule has 3 fully saturated rings. The van der Waals surface area contributed by atoms with E-state index in [4.69, 9.17) is 14.6 Å². The number of piperidine rings is 1. The normalized spacial score (nSPS) is 26.3.